The van der Waals surface area contributed by atoms with Crippen molar-refractivity contribution in [1.82, 2.24) is 15.5 Å². The maximum atomic E-state index is 13.2. The molecular weight excluding hydrogens is 390 g/mol. The number of nitrogens with zero attached hydrogens (tertiary/aromatic N) is 1. The largest absolute Gasteiger partial charge is 0.497 e. The van der Waals surface area contributed by atoms with Crippen LogP contribution in [0.3, 0.4) is 0 Å². The van der Waals surface area contributed by atoms with Gasteiger partial charge in [0.2, 0.25) is 5.91 Å². The summed E-state index contributed by atoms with van der Waals surface area (Å²) >= 11 is 0. The monoisotopic (exact) mass is 419 g/mol. The number of benzene rings is 2. The number of amides is 2. The zero-order valence-electron chi connectivity index (χ0n) is 17.9. The Bertz CT molecular complexity index is 975. The maximum absolute atomic E-state index is 13.2. The van der Waals surface area contributed by atoms with Gasteiger partial charge in [0, 0.05) is 31.7 Å². The highest BCUT2D eigenvalue weighted by Crippen LogP contribution is 2.36. The van der Waals surface area contributed by atoms with E-state index in [1.807, 2.05) is 30.3 Å². The molecule has 2 aromatic rings. The zero-order valence-corrected chi connectivity index (χ0v) is 17.9. The second-order valence-corrected chi connectivity index (χ2v) is 8.37. The van der Waals surface area contributed by atoms with Gasteiger partial charge in [-0.05, 0) is 36.1 Å². The van der Waals surface area contributed by atoms with Gasteiger partial charge in [-0.25, -0.2) is 0 Å². The number of nitrogens with one attached hydrogen (secondary N) is 2. The molecule has 1 fully saturated rings. The van der Waals surface area contributed by atoms with Gasteiger partial charge in [-0.3, -0.25) is 14.5 Å². The summed E-state index contributed by atoms with van der Waals surface area (Å²) in [5.74, 6) is 0.132. The fourth-order valence-corrected chi connectivity index (χ4v) is 4.80. The Morgan fingerprint density at radius 3 is 2.87 bits per heavy atom. The SMILES string of the molecule is C=CCNC(=O)[C@@H]1CN(Cc2ccccc2)C[C@@]12CCc1ccc(OC)cc1C(=O)N2. The van der Waals surface area contributed by atoms with Crippen molar-refractivity contribution in [2.24, 2.45) is 5.92 Å². The van der Waals surface area contributed by atoms with Gasteiger partial charge in [0.05, 0.1) is 18.6 Å². The molecule has 1 spiro atoms. The molecule has 2 aromatic carbocycles. The highest BCUT2D eigenvalue weighted by atomic mass is 16.5. The summed E-state index contributed by atoms with van der Waals surface area (Å²) in [6.07, 6.45) is 3.10. The molecule has 162 valence electrons. The zero-order chi connectivity index (χ0) is 21.8. The number of carbonyl (C=O) groups is 2. The van der Waals surface area contributed by atoms with E-state index in [0.717, 1.165) is 18.5 Å². The quantitative estimate of drug-likeness (QED) is 0.706. The fraction of sp³-hybridized carbons (Fsp3) is 0.360. The topological polar surface area (TPSA) is 70.7 Å². The molecular formula is C25H29N3O3. The number of hydrogen-bond acceptors (Lipinski definition) is 4. The first-order chi connectivity index (χ1) is 15.0. The van der Waals surface area contributed by atoms with Gasteiger partial charge < -0.3 is 15.4 Å². The Labute approximate surface area is 183 Å². The molecule has 0 aromatic heterocycles. The van der Waals surface area contributed by atoms with E-state index in [4.69, 9.17) is 4.74 Å². The molecule has 0 bridgehead atoms. The molecule has 2 N–H and O–H groups in total. The lowest BCUT2D eigenvalue weighted by molar-refractivity contribution is -0.126. The number of rotatable bonds is 6. The number of carbonyl (C=O) groups excluding carboxylic acids is 2. The van der Waals surface area contributed by atoms with Crippen LogP contribution in [0.15, 0.2) is 61.2 Å². The minimum absolute atomic E-state index is 0.0423. The number of ether oxygens (including phenoxy) is 1. The fourth-order valence-electron chi connectivity index (χ4n) is 4.80. The minimum atomic E-state index is -0.622. The van der Waals surface area contributed by atoms with E-state index in [9.17, 15) is 9.59 Å². The van der Waals surface area contributed by atoms with Crippen LogP contribution in [-0.2, 0) is 17.8 Å². The van der Waals surface area contributed by atoms with Crippen LogP contribution in [0.25, 0.3) is 0 Å². The Kier molecular flexibility index (Phi) is 6.09. The van der Waals surface area contributed by atoms with E-state index >= 15 is 0 Å². The first-order valence-electron chi connectivity index (χ1n) is 10.7. The van der Waals surface area contributed by atoms with E-state index < -0.39 is 5.54 Å². The van der Waals surface area contributed by atoms with E-state index in [0.29, 0.717) is 37.4 Å². The molecule has 4 rings (SSSR count). The molecule has 0 unspecified atom stereocenters. The molecule has 1 saturated heterocycles. The van der Waals surface area contributed by atoms with E-state index in [1.54, 1.807) is 19.3 Å². The second-order valence-electron chi connectivity index (χ2n) is 8.37. The summed E-state index contributed by atoms with van der Waals surface area (Å²) in [5, 5.41) is 6.21. The van der Waals surface area contributed by atoms with Crippen LogP contribution in [0.5, 0.6) is 5.75 Å². The van der Waals surface area contributed by atoms with Crippen molar-refractivity contribution >= 4 is 11.8 Å². The maximum Gasteiger partial charge on any atom is 0.252 e. The lowest BCUT2D eigenvalue weighted by Crippen LogP contribution is -2.57. The summed E-state index contributed by atoms with van der Waals surface area (Å²) in [5.41, 5.74) is 2.19. The number of hydrogen-bond donors (Lipinski definition) is 2. The molecule has 2 heterocycles. The lowest BCUT2D eigenvalue weighted by atomic mass is 9.82. The Balaban J connectivity index is 1.62. The van der Waals surface area contributed by atoms with Crippen molar-refractivity contribution in [3.63, 3.8) is 0 Å². The third kappa shape index (κ3) is 4.35. The molecule has 6 nitrogen and oxygen atoms in total. The highest BCUT2D eigenvalue weighted by molar-refractivity contribution is 5.97. The summed E-state index contributed by atoms with van der Waals surface area (Å²) < 4.78 is 5.31. The summed E-state index contributed by atoms with van der Waals surface area (Å²) in [6.45, 7) is 6.08. The first kappa shape index (κ1) is 21.1. The molecule has 6 heteroatoms. The lowest BCUT2D eigenvalue weighted by Gasteiger charge is -2.34. The van der Waals surface area contributed by atoms with Gasteiger partial charge in [-0.1, -0.05) is 42.5 Å². The van der Waals surface area contributed by atoms with Gasteiger partial charge in [0.25, 0.3) is 5.91 Å². The Morgan fingerprint density at radius 2 is 2.13 bits per heavy atom. The smallest absolute Gasteiger partial charge is 0.252 e. The van der Waals surface area contributed by atoms with Crippen LogP contribution < -0.4 is 15.4 Å². The van der Waals surface area contributed by atoms with Crippen molar-refractivity contribution < 1.29 is 14.3 Å². The van der Waals surface area contributed by atoms with Crippen molar-refractivity contribution in [1.29, 1.82) is 0 Å². The number of aryl methyl sites for hydroxylation is 1. The Morgan fingerprint density at radius 1 is 1.32 bits per heavy atom. The van der Waals surface area contributed by atoms with Crippen molar-refractivity contribution in [2.75, 3.05) is 26.7 Å². The molecule has 2 aliphatic rings. The third-order valence-electron chi connectivity index (χ3n) is 6.36. The molecule has 2 atom stereocenters. The van der Waals surface area contributed by atoms with E-state index in [-0.39, 0.29) is 17.7 Å². The number of methoxy groups -OCH3 is 1. The summed E-state index contributed by atoms with van der Waals surface area (Å²) in [6, 6.07) is 15.8. The second kappa shape index (κ2) is 8.94. The predicted octanol–water partition coefficient (Wildman–Crippen LogP) is 2.54. The van der Waals surface area contributed by atoms with Gasteiger partial charge in [-0.2, -0.15) is 0 Å². The average Bonchev–Trinajstić information content (AvgIpc) is 3.07. The normalized spacial score (nSPS) is 23.0. The molecule has 0 saturated carbocycles. The van der Waals surface area contributed by atoms with Crippen molar-refractivity contribution in [3.05, 3.63) is 77.9 Å². The highest BCUT2D eigenvalue weighted by Gasteiger charge is 2.51. The molecule has 0 radical (unpaired) electrons. The van der Waals surface area contributed by atoms with Gasteiger partial charge >= 0.3 is 0 Å². The van der Waals surface area contributed by atoms with Gasteiger partial charge in [0.1, 0.15) is 5.75 Å². The Hall–Kier alpha value is -3.12. The van der Waals surface area contributed by atoms with Crippen molar-refractivity contribution in [3.8, 4) is 5.75 Å². The van der Waals surface area contributed by atoms with Crippen LogP contribution >= 0.6 is 0 Å². The van der Waals surface area contributed by atoms with E-state index in [1.165, 1.54) is 5.56 Å². The predicted molar refractivity (Wildman–Crippen MR) is 120 cm³/mol. The first-order valence-corrected chi connectivity index (χ1v) is 10.7. The van der Waals surface area contributed by atoms with Crippen LogP contribution in [0.2, 0.25) is 0 Å². The molecule has 31 heavy (non-hydrogen) atoms. The van der Waals surface area contributed by atoms with Crippen LogP contribution in [0, 0.1) is 5.92 Å². The molecule has 2 amide bonds. The number of fused-ring (bicyclic) bond motifs is 1. The summed E-state index contributed by atoms with van der Waals surface area (Å²) in [7, 11) is 1.59. The van der Waals surface area contributed by atoms with E-state index in [2.05, 4.69) is 34.2 Å². The van der Waals surface area contributed by atoms with Gasteiger partial charge in [-0.15, -0.1) is 6.58 Å². The van der Waals surface area contributed by atoms with Crippen LogP contribution in [0.4, 0.5) is 0 Å². The number of likely N-dealkylation sites (tertiary alicyclic amines) is 1. The third-order valence-corrected chi connectivity index (χ3v) is 6.36. The molecule has 2 aliphatic heterocycles. The van der Waals surface area contributed by atoms with Crippen LogP contribution in [-0.4, -0.2) is 49.0 Å². The summed E-state index contributed by atoms with van der Waals surface area (Å²) in [4.78, 5) is 28.6. The van der Waals surface area contributed by atoms with Gasteiger partial charge in [0.15, 0.2) is 0 Å². The minimum Gasteiger partial charge on any atom is -0.497 e. The van der Waals surface area contributed by atoms with Crippen LogP contribution in [0.1, 0.15) is 27.9 Å². The van der Waals surface area contributed by atoms with Crippen molar-refractivity contribution in [2.45, 2.75) is 24.9 Å². The standard InChI is InChI=1S/C25H29N3O3/c1-3-13-26-24(30)22-16-28(15-18-7-5-4-6-8-18)17-25(22)12-11-19-9-10-20(31-2)14-21(19)23(29)27-25/h3-10,14,22H,1,11-13,15-17H2,2H3,(H,26,30)(H,27,29)/t22-,25-/m0/s1. The molecule has 0 aliphatic carbocycles. The average molecular weight is 420 g/mol.